The summed E-state index contributed by atoms with van der Waals surface area (Å²) in [5.74, 6) is 1.56. The first-order valence-corrected chi connectivity index (χ1v) is 8.58. The quantitative estimate of drug-likeness (QED) is 0.743. The highest BCUT2D eigenvalue weighted by Crippen LogP contribution is 2.33. The Hall–Kier alpha value is -1.07. The zero-order chi connectivity index (χ0) is 13.5. The Morgan fingerprint density at radius 3 is 2.84 bits per heavy atom. The van der Waals surface area contributed by atoms with Gasteiger partial charge in [-0.15, -0.1) is 0 Å². The molecule has 0 amide bonds. The van der Waals surface area contributed by atoms with Crippen molar-refractivity contribution in [1.29, 1.82) is 0 Å². The lowest BCUT2D eigenvalue weighted by Gasteiger charge is -2.07. The van der Waals surface area contributed by atoms with Gasteiger partial charge in [-0.05, 0) is 37.0 Å². The number of benzene rings is 1. The Kier molecular flexibility index (Phi) is 3.27. The summed E-state index contributed by atoms with van der Waals surface area (Å²) in [5, 5.41) is 0. The average Bonchev–Trinajstić information content (AvgIpc) is 3.25. The van der Waals surface area contributed by atoms with E-state index in [0.717, 1.165) is 12.5 Å². The van der Waals surface area contributed by atoms with Gasteiger partial charge in [0.05, 0.1) is 10.9 Å². The molecule has 4 nitrogen and oxygen atoms in total. The van der Waals surface area contributed by atoms with Gasteiger partial charge in [0.25, 0.3) is 0 Å². The molecule has 2 aliphatic rings. The Balaban J connectivity index is 1.53. The van der Waals surface area contributed by atoms with Crippen LogP contribution in [0.2, 0.25) is 0 Å². The van der Waals surface area contributed by atoms with Gasteiger partial charge in [0, 0.05) is 19.3 Å². The number of nitrogens with zero attached hydrogens (tertiary/aromatic N) is 1. The van der Waals surface area contributed by atoms with E-state index in [1.807, 2.05) is 6.07 Å². The predicted octanol–water partition coefficient (Wildman–Crippen LogP) is 1.56. The minimum Gasteiger partial charge on any atom is -0.492 e. The van der Waals surface area contributed by atoms with Gasteiger partial charge in [0.2, 0.25) is 0 Å². The van der Waals surface area contributed by atoms with Crippen molar-refractivity contribution in [2.75, 3.05) is 26.0 Å². The molecule has 0 bridgehead atoms. The summed E-state index contributed by atoms with van der Waals surface area (Å²) >= 11 is 0. The van der Waals surface area contributed by atoms with Crippen molar-refractivity contribution in [3.8, 4) is 5.75 Å². The zero-order valence-corrected chi connectivity index (χ0v) is 11.9. The predicted molar refractivity (Wildman–Crippen MR) is 73.1 cm³/mol. The fourth-order valence-corrected chi connectivity index (χ4v) is 2.88. The lowest BCUT2D eigenvalue weighted by Crippen LogP contribution is -2.12. The van der Waals surface area contributed by atoms with Crippen molar-refractivity contribution in [3.05, 3.63) is 24.3 Å². The summed E-state index contributed by atoms with van der Waals surface area (Å²) in [6, 6.07) is 7.24. The van der Waals surface area contributed by atoms with Crippen molar-refractivity contribution in [2.45, 2.75) is 23.8 Å². The highest BCUT2D eigenvalue weighted by atomic mass is 32.2. The molecule has 0 radical (unpaired) electrons. The van der Waals surface area contributed by atoms with Crippen molar-refractivity contribution < 1.29 is 13.2 Å². The smallest absolute Gasteiger partial charge is 0.175 e. The van der Waals surface area contributed by atoms with E-state index in [4.69, 9.17) is 4.74 Å². The third-order valence-electron chi connectivity index (χ3n) is 3.69. The molecule has 5 heteroatoms. The van der Waals surface area contributed by atoms with E-state index < -0.39 is 9.84 Å². The molecule has 1 saturated heterocycles. The van der Waals surface area contributed by atoms with Crippen LogP contribution >= 0.6 is 0 Å². The van der Waals surface area contributed by atoms with E-state index in [2.05, 4.69) is 4.90 Å². The molecule has 1 saturated carbocycles. The van der Waals surface area contributed by atoms with Gasteiger partial charge in [0.15, 0.2) is 9.84 Å². The van der Waals surface area contributed by atoms with Crippen molar-refractivity contribution in [3.63, 3.8) is 0 Å². The molecule has 1 aliphatic heterocycles. The normalized spacial score (nSPS) is 26.2. The maximum atomic E-state index is 11.5. The van der Waals surface area contributed by atoms with E-state index in [0.29, 0.717) is 23.3 Å². The van der Waals surface area contributed by atoms with E-state index in [-0.39, 0.29) is 0 Å². The van der Waals surface area contributed by atoms with Crippen LogP contribution in [0.15, 0.2) is 29.2 Å². The van der Waals surface area contributed by atoms with Gasteiger partial charge >= 0.3 is 0 Å². The van der Waals surface area contributed by atoms with Crippen LogP contribution in [0.4, 0.5) is 0 Å². The topological polar surface area (TPSA) is 46.4 Å². The first-order chi connectivity index (χ1) is 9.02. The number of hydrogen-bond acceptors (Lipinski definition) is 4. The molecule has 2 fully saturated rings. The van der Waals surface area contributed by atoms with Crippen LogP contribution in [0.25, 0.3) is 0 Å². The highest BCUT2D eigenvalue weighted by molar-refractivity contribution is 7.90. The molecule has 0 spiro atoms. The lowest BCUT2D eigenvalue weighted by molar-refractivity contribution is 0.291. The van der Waals surface area contributed by atoms with Crippen molar-refractivity contribution >= 4 is 9.84 Å². The van der Waals surface area contributed by atoms with Crippen LogP contribution in [-0.2, 0) is 9.84 Å². The average molecular weight is 281 g/mol. The summed E-state index contributed by atoms with van der Waals surface area (Å²) in [6.07, 6.45) is 3.96. The van der Waals surface area contributed by atoms with Gasteiger partial charge in [-0.1, -0.05) is 6.07 Å². The lowest BCUT2D eigenvalue weighted by atomic mass is 10.3. The van der Waals surface area contributed by atoms with E-state index in [1.54, 1.807) is 18.2 Å². The fraction of sp³-hybridized carbons (Fsp3) is 0.571. The van der Waals surface area contributed by atoms with E-state index in [1.165, 1.54) is 25.6 Å². The minimum absolute atomic E-state index is 0.315. The van der Waals surface area contributed by atoms with Crippen LogP contribution in [0, 0.1) is 5.92 Å². The molecule has 1 aromatic rings. The number of ether oxygens (including phenoxy) is 1. The molecule has 19 heavy (non-hydrogen) atoms. The molecule has 1 aliphatic carbocycles. The number of sulfone groups is 1. The third-order valence-corrected chi connectivity index (χ3v) is 4.80. The molecule has 2 unspecified atom stereocenters. The largest absolute Gasteiger partial charge is 0.492 e. The van der Waals surface area contributed by atoms with Crippen LogP contribution in [-0.4, -0.2) is 45.3 Å². The second-order valence-electron chi connectivity index (χ2n) is 5.61. The summed E-state index contributed by atoms with van der Waals surface area (Å²) in [6.45, 7) is 2.97. The molecule has 1 heterocycles. The molecule has 0 aromatic heterocycles. The maximum absolute atomic E-state index is 11.5. The van der Waals surface area contributed by atoms with Crippen LogP contribution in [0.5, 0.6) is 5.75 Å². The Morgan fingerprint density at radius 2 is 2.16 bits per heavy atom. The summed E-state index contributed by atoms with van der Waals surface area (Å²) in [4.78, 5) is 2.74. The van der Waals surface area contributed by atoms with Gasteiger partial charge < -0.3 is 4.74 Å². The molecule has 104 valence electrons. The summed E-state index contributed by atoms with van der Waals surface area (Å²) in [7, 11) is -3.16. The first kappa shape index (κ1) is 12.9. The second kappa shape index (κ2) is 4.80. The van der Waals surface area contributed by atoms with Gasteiger partial charge in [-0.2, -0.15) is 0 Å². The van der Waals surface area contributed by atoms with Gasteiger partial charge in [-0.25, -0.2) is 8.42 Å². The number of hydrogen-bond donors (Lipinski definition) is 0. The zero-order valence-electron chi connectivity index (χ0n) is 11.1. The van der Waals surface area contributed by atoms with Crippen LogP contribution in [0.3, 0.4) is 0 Å². The monoisotopic (exact) mass is 281 g/mol. The Bertz CT molecular complexity index is 566. The van der Waals surface area contributed by atoms with Crippen LogP contribution < -0.4 is 4.74 Å². The second-order valence-corrected chi connectivity index (χ2v) is 7.62. The van der Waals surface area contributed by atoms with Crippen LogP contribution in [0.1, 0.15) is 12.8 Å². The van der Waals surface area contributed by atoms with Gasteiger partial charge in [-0.3, -0.25) is 4.90 Å². The molecular weight excluding hydrogens is 262 g/mol. The number of rotatable bonds is 6. The minimum atomic E-state index is -3.16. The molecule has 0 N–H and O–H groups in total. The van der Waals surface area contributed by atoms with E-state index in [9.17, 15) is 8.42 Å². The summed E-state index contributed by atoms with van der Waals surface area (Å²) in [5.41, 5.74) is 0. The maximum Gasteiger partial charge on any atom is 0.175 e. The molecule has 2 atom stereocenters. The molecule has 3 rings (SSSR count). The SMILES string of the molecule is CS(=O)(=O)c1cccc(OCC2CN2CC2CC2)c1. The standard InChI is InChI=1S/C14H19NO3S/c1-19(16,17)14-4-2-3-13(7-14)18-10-12-9-15(12)8-11-5-6-11/h2-4,7,11-12H,5-6,8-10H2,1H3. The van der Waals surface area contributed by atoms with Crippen molar-refractivity contribution in [1.82, 2.24) is 4.90 Å². The van der Waals surface area contributed by atoms with E-state index >= 15 is 0 Å². The Labute approximate surface area is 114 Å². The Morgan fingerprint density at radius 1 is 1.37 bits per heavy atom. The molecule has 1 aromatic carbocycles. The summed E-state index contributed by atoms with van der Waals surface area (Å²) < 4.78 is 28.6. The fourth-order valence-electron chi connectivity index (χ4n) is 2.22. The van der Waals surface area contributed by atoms with Crippen molar-refractivity contribution in [2.24, 2.45) is 5.92 Å². The third kappa shape index (κ3) is 3.48. The first-order valence-electron chi connectivity index (χ1n) is 6.69. The van der Waals surface area contributed by atoms with Gasteiger partial charge in [0.1, 0.15) is 12.4 Å². The molecular formula is C14H19NO3S. The highest BCUT2D eigenvalue weighted by Gasteiger charge is 2.38.